The number of aryl methyl sites for hydroxylation is 2. The van der Waals surface area contributed by atoms with Crippen LogP contribution in [0.5, 0.6) is 0 Å². The van der Waals surface area contributed by atoms with Gasteiger partial charge in [-0.3, -0.25) is 4.98 Å². The highest BCUT2D eigenvalue weighted by Crippen LogP contribution is 2.25. The summed E-state index contributed by atoms with van der Waals surface area (Å²) in [7, 11) is 0. The van der Waals surface area contributed by atoms with Crippen molar-refractivity contribution in [1.82, 2.24) is 10.3 Å². The molecular weight excluding hydrogens is 256 g/mol. The lowest BCUT2D eigenvalue weighted by molar-refractivity contribution is 0.593. The molecule has 2 nitrogen and oxygen atoms in total. The van der Waals surface area contributed by atoms with Crippen molar-refractivity contribution in [3.8, 4) is 0 Å². The first kappa shape index (κ1) is 15.7. The van der Waals surface area contributed by atoms with Crippen molar-refractivity contribution >= 4 is 0 Å². The highest BCUT2D eigenvalue weighted by atomic mass is 14.9. The topological polar surface area (TPSA) is 24.9 Å². The minimum absolute atomic E-state index is 0.232. The van der Waals surface area contributed by atoms with Gasteiger partial charge in [0.1, 0.15) is 0 Å². The zero-order valence-corrected chi connectivity index (χ0v) is 13.4. The second-order valence-electron chi connectivity index (χ2n) is 5.56. The van der Waals surface area contributed by atoms with Gasteiger partial charge in [0.15, 0.2) is 0 Å². The molecule has 1 aromatic carbocycles. The molecule has 0 spiro atoms. The summed E-state index contributed by atoms with van der Waals surface area (Å²) in [5.74, 6) is 0. The van der Waals surface area contributed by atoms with Gasteiger partial charge < -0.3 is 5.32 Å². The zero-order chi connectivity index (χ0) is 15.1. The number of aromatic nitrogens is 1. The van der Waals surface area contributed by atoms with Crippen molar-refractivity contribution in [2.24, 2.45) is 0 Å². The Morgan fingerprint density at radius 3 is 2.67 bits per heavy atom. The zero-order valence-electron chi connectivity index (χ0n) is 13.4. The minimum Gasteiger partial charge on any atom is -0.306 e. The molecule has 0 bridgehead atoms. The Balaban J connectivity index is 2.36. The summed E-state index contributed by atoms with van der Waals surface area (Å²) in [5.41, 5.74) is 5.14. The van der Waals surface area contributed by atoms with E-state index in [1.54, 1.807) is 0 Å². The number of pyridine rings is 1. The van der Waals surface area contributed by atoms with E-state index in [0.29, 0.717) is 0 Å². The first-order valence-electron chi connectivity index (χ1n) is 8.00. The third-order valence-corrected chi connectivity index (χ3v) is 3.78. The van der Waals surface area contributed by atoms with Crippen molar-refractivity contribution in [3.63, 3.8) is 0 Å². The number of nitrogens with one attached hydrogen (secondary N) is 1. The molecule has 0 aliphatic heterocycles. The summed E-state index contributed by atoms with van der Waals surface area (Å²) in [6, 6.07) is 13.4. The monoisotopic (exact) mass is 282 g/mol. The SMILES string of the molecule is CCCNC(c1cccc(CCC)c1)c1cccnc1C. The number of nitrogens with zero attached hydrogens (tertiary/aromatic N) is 1. The second-order valence-corrected chi connectivity index (χ2v) is 5.56. The third kappa shape index (κ3) is 4.15. The van der Waals surface area contributed by atoms with Gasteiger partial charge >= 0.3 is 0 Å². The van der Waals surface area contributed by atoms with Crippen molar-refractivity contribution in [2.75, 3.05) is 6.54 Å². The third-order valence-electron chi connectivity index (χ3n) is 3.78. The van der Waals surface area contributed by atoms with Gasteiger partial charge in [-0.15, -0.1) is 0 Å². The molecule has 112 valence electrons. The van der Waals surface area contributed by atoms with Crippen LogP contribution < -0.4 is 5.32 Å². The molecule has 0 amide bonds. The molecule has 0 radical (unpaired) electrons. The second kappa shape index (κ2) is 7.94. The van der Waals surface area contributed by atoms with Crippen LogP contribution in [0.15, 0.2) is 42.6 Å². The summed E-state index contributed by atoms with van der Waals surface area (Å²) in [6.07, 6.45) is 5.32. The molecule has 21 heavy (non-hydrogen) atoms. The molecule has 1 heterocycles. The summed E-state index contributed by atoms with van der Waals surface area (Å²) in [6.45, 7) is 7.53. The average Bonchev–Trinajstić information content (AvgIpc) is 2.50. The molecule has 0 saturated carbocycles. The lowest BCUT2D eigenvalue weighted by Gasteiger charge is -2.21. The predicted octanol–water partition coefficient (Wildman–Crippen LogP) is 4.43. The highest BCUT2D eigenvalue weighted by Gasteiger charge is 2.16. The van der Waals surface area contributed by atoms with Crippen LogP contribution in [0.3, 0.4) is 0 Å². The van der Waals surface area contributed by atoms with E-state index in [1.165, 1.54) is 23.1 Å². The Kier molecular flexibility index (Phi) is 5.94. The molecule has 1 atom stereocenters. The molecule has 2 heteroatoms. The van der Waals surface area contributed by atoms with Crippen LogP contribution in [0.4, 0.5) is 0 Å². The van der Waals surface area contributed by atoms with E-state index in [-0.39, 0.29) is 6.04 Å². The summed E-state index contributed by atoms with van der Waals surface area (Å²) in [4.78, 5) is 4.45. The maximum Gasteiger partial charge on any atom is 0.0594 e. The average molecular weight is 282 g/mol. The Hall–Kier alpha value is -1.67. The number of hydrogen-bond acceptors (Lipinski definition) is 2. The molecule has 0 aliphatic rings. The van der Waals surface area contributed by atoms with E-state index in [4.69, 9.17) is 0 Å². The maximum atomic E-state index is 4.45. The van der Waals surface area contributed by atoms with Gasteiger partial charge in [0, 0.05) is 11.9 Å². The van der Waals surface area contributed by atoms with E-state index in [9.17, 15) is 0 Å². The molecule has 0 saturated heterocycles. The molecule has 0 aliphatic carbocycles. The van der Waals surface area contributed by atoms with E-state index in [0.717, 1.165) is 25.1 Å². The van der Waals surface area contributed by atoms with Gasteiger partial charge in [0.2, 0.25) is 0 Å². The lowest BCUT2D eigenvalue weighted by atomic mass is 9.95. The standard InChI is InChI=1S/C19H26N2/c1-4-8-16-9-6-10-17(14-16)19(21-12-5-2)18-11-7-13-20-15(18)3/h6-7,9-11,13-14,19,21H,4-5,8,12H2,1-3H3. The van der Waals surface area contributed by atoms with Crippen molar-refractivity contribution in [2.45, 2.75) is 46.1 Å². The molecule has 1 N–H and O–H groups in total. The normalized spacial score (nSPS) is 12.3. The van der Waals surface area contributed by atoms with Crippen LogP contribution in [0.25, 0.3) is 0 Å². The number of rotatable bonds is 7. The first-order valence-corrected chi connectivity index (χ1v) is 8.00. The Morgan fingerprint density at radius 1 is 1.10 bits per heavy atom. The first-order chi connectivity index (χ1) is 10.3. The Bertz CT molecular complexity index is 563. The minimum atomic E-state index is 0.232. The van der Waals surface area contributed by atoms with Gasteiger partial charge in [0.25, 0.3) is 0 Å². The summed E-state index contributed by atoms with van der Waals surface area (Å²) in [5, 5.41) is 3.67. The van der Waals surface area contributed by atoms with Crippen molar-refractivity contribution in [3.05, 3.63) is 65.0 Å². The molecule has 1 aromatic heterocycles. The highest BCUT2D eigenvalue weighted by molar-refractivity contribution is 5.36. The van der Waals surface area contributed by atoms with Crippen LogP contribution >= 0.6 is 0 Å². The van der Waals surface area contributed by atoms with Crippen molar-refractivity contribution < 1.29 is 0 Å². The van der Waals surface area contributed by atoms with E-state index in [2.05, 4.69) is 61.4 Å². The maximum absolute atomic E-state index is 4.45. The predicted molar refractivity (Wildman–Crippen MR) is 89.5 cm³/mol. The summed E-state index contributed by atoms with van der Waals surface area (Å²) < 4.78 is 0. The molecule has 2 rings (SSSR count). The molecule has 1 unspecified atom stereocenters. The van der Waals surface area contributed by atoms with Crippen LogP contribution in [0.2, 0.25) is 0 Å². The fourth-order valence-electron chi connectivity index (χ4n) is 2.71. The van der Waals surface area contributed by atoms with Gasteiger partial charge in [-0.1, -0.05) is 50.6 Å². The smallest absolute Gasteiger partial charge is 0.0594 e. The van der Waals surface area contributed by atoms with Gasteiger partial charge in [-0.2, -0.15) is 0 Å². The summed E-state index contributed by atoms with van der Waals surface area (Å²) >= 11 is 0. The van der Waals surface area contributed by atoms with Crippen LogP contribution in [-0.2, 0) is 6.42 Å². The molecule has 0 fully saturated rings. The van der Waals surface area contributed by atoms with Gasteiger partial charge in [0.05, 0.1) is 6.04 Å². The van der Waals surface area contributed by atoms with E-state index < -0.39 is 0 Å². The quantitative estimate of drug-likeness (QED) is 0.812. The fraction of sp³-hybridized carbons (Fsp3) is 0.421. The number of benzene rings is 1. The molecular formula is C19H26N2. The lowest BCUT2D eigenvalue weighted by Crippen LogP contribution is -2.24. The van der Waals surface area contributed by atoms with Crippen LogP contribution in [0, 0.1) is 6.92 Å². The van der Waals surface area contributed by atoms with Crippen LogP contribution in [-0.4, -0.2) is 11.5 Å². The Morgan fingerprint density at radius 2 is 1.95 bits per heavy atom. The van der Waals surface area contributed by atoms with Gasteiger partial charge in [-0.25, -0.2) is 0 Å². The van der Waals surface area contributed by atoms with Crippen LogP contribution in [0.1, 0.15) is 55.1 Å². The van der Waals surface area contributed by atoms with Crippen molar-refractivity contribution in [1.29, 1.82) is 0 Å². The number of hydrogen-bond donors (Lipinski definition) is 1. The van der Waals surface area contributed by atoms with Gasteiger partial charge in [-0.05, 0) is 49.1 Å². The van der Waals surface area contributed by atoms with E-state index in [1.807, 2.05) is 12.3 Å². The fourth-order valence-corrected chi connectivity index (χ4v) is 2.71. The Labute approximate surface area is 128 Å². The molecule has 2 aromatic rings. The largest absolute Gasteiger partial charge is 0.306 e. The van der Waals surface area contributed by atoms with E-state index >= 15 is 0 Å².